The first kappa shape index (κ1) is 18.8. The van der Waals surface area contributed by atoms with Gasteiger partial charge >= 0.3 is 0 Å². The molecule has 0 unspecified atom stereocenters. The second-order valence-corrected chi connectivity index (χ2v) is 13.0. The summed E-state index contributed by atoms with van der Waals surface area (Å²) in [4.78, 5) is 0.814. The van der Waals surface area contributed by atoms with E-state index in [1.54, 1.807) is 0 Å². The van der Waals surface area contributed by atoms with E-state index in [0.29, 0.717) is 0 Å². The number of hydrogen-bond donors (Lipinski definition) is 1. The highest BCUT2D eigenvalue weighted by Crippen LogP contribution is 2.26. The van der Waals surface area contributed by atoms with E-state index in [4.69, 9.17) is 0 Å². The normalized spacial score (nSPS) is 14.0. The fraction of sp³-hybridized carbons (Fsp3) is 0.182. The van der Waals surface area contributed by atoms with E-state index in [1.165, 1.54) is 16.3 Å². The third-order valence-electron chi connectivity index (χ3n) is 4.83. The first-order valence-electron chi connectivity index (χ1n) is 8.83. The molecule has 2 nitrogen and oxygen atoms in total. The smallest absolute Gasteiger partial charge is 0.125 e. The highest BCUT2D eigenvalue weighted by Gasteiger charge is 2.36. The Bertz CT molecular complexity index is 864. The van der Waals surface area contributed by atoms with Crippen LogP contribution >= 0.6 is 0 Å². The molecule has 1 N–H and O–H groups in total. The SMILES string of the molecule is Cc1ccc([S@](=O)N[C@H](c2ccccc2)[Si](C)(C)c2ccccc2)cc1. The molecule has 0 aliphatic heterocycles. The third kappa shape index (κ3) is 4.21. The van der Waals surface area contributed by atoms with Crippen LogP contribution in [-0.4, -0.2) is 12.3 Å². The summed E-state index contributed by atoms with van der Waals surface area (Å²) in [6, 6.07) is 28.9. The number of aryl methyl sites for hydroxylation is 1. The molecule has 3 rings (SSSR count). The van der Waals surface area contributed by atoms with Gasteiger partial charge in [0.25, 0.3) is 0 Å². The molecule has 0 fully saturated rings. The van der Waals surface area contributed by atoms with Crippen molar-refractivity contribution < 1.29 is 4.21 Å². The summed E-state index contributed by atoms with van der Waals surface area (Å²) in [5, 5.41) is 1.35. The summed E-state index contributed by atoms with van der Waals surface area (Å²) in [5.74, 6) is 0. The van der Waals surface area contributed by atoms with Crippen LogP contribution in [0, 0.1) is 6.92 Å². The van der Waals surface area contributed by atoms with E-state index >= 15 is 0 Å². The molecule has 3 aromatic rings. The van der Waals surface area contributed by atoms with Gasteiger partial charge in [0.2, 0.25) is 0 Å². The molecule has 3 aromatic carbocycles. The van der Waals surface area contributed by atoms with Crippen LogP contribution in [0.15, 0.2) is 89.8 Å². The summed E-state index contributed by atoms with van der Waals surface area (Å²) in [6.07, 6.45) is 0. The van der Waals surface area contributed by atoms with Crippen LogP contribution in [0.2, 0.25) is 13.1 Å². The molecule has 0 heterocycles. The molecule has 26 heavy (non-hydrogen) atoms. The van der Waals surface area contributed by atoms with Crippen molar-refractivity contribution in [1.29, 1.82) is 0 Å². The van der Waals surface area contributed by atoms with Crippen LogP contribution in [0.3, 0.4) is 0 Å². The molecule has 4 heteroatoms. The van der Waals surface area contributed by atoms with Gasteiger partial charge in [0.1, 0.15) is 19.1 Å². The zero-order valence-corrected chi connectivity index (χ0v) is 17.3. The molecule has 0 saturated carbocycles. The molecule has 0 aliphatic rings. The minimum absolute atomic E-state index is 0.0493. The standard InChI is InChI=1S/C22H25NOSSi/c1-18-14-16-20(17-15-18)25(24)23-22(19-10-6-4-7-11-19)26(2,3)21-12-8-5-9-13-21/h4-17,22-23H,1-3H3/t22-,25-/m0/s1. The van der Waals surface area contributed by atoms with Crippen molar-refractivity contribution in [3.63, 3.8) is 0 Å². The van der Waals surface area contributed by atoms with Crippen LogP contribution in [0.4, 0.5) is 0 Å². The quantitative estimate of drug-likeness (QED) is 0.628. The minimum atomic E-state index is -1.96. The van der Waals surface area contributed by atoms with Crippen LogP contribution < -0.4 is 9.91 Å². The van der Waals surface area contributed by atoms with Crippen LogP contribution in [-0.2, 0) is 11.0 Å². The maximum Gasteiger partial charge on any atom is 0.125 e. The van der Waals surface area contributed by atoms with Gasteiger partial charge in [-0.05, 0) is 24.6 Å². The first-order chi connectivity index (χ1) is 12.5. The van der Waals surface area contributed by atoms with Crippen LogP contribution in [0.25, 0.3) is 0 Å². The number of rotatable bonds is 6. The van der Waals surface area contributed by atoms with Crippen LogP contribution in [0.1, 0.15) is 16.8 Å². The van der Waals surface area contributed by atoms with Crippen molar-refractivity contribution in [2.24, 2.45) is 0 Å². The summed E-state index contributed by atoms with van der Waals surface area (Å²) >= 11 is 0. The molecule has 0 aliphatic carbocycles. The topological polar surface area (TPSA) is 29.1 Å². The van der Waals surface area contributed by atoms with E-state index in [1.807, 2.05) is 55.5 Å². The molecule has 0 aromatic heterocycles. The lowest BCUT2D eigenvalue weighted by molar-refractivity contribution is 0.667. The molecular formula is C22H25NOSSi. The predicted molar refractivity (Wildman–Crippen MR) is 113 cm³/mol. The Balaban J connectivity index is 1.96. The number of nitrogens with one attached hydrogen (secondary N) is 1. The fourth-order valence-electron chi connectivity index (χ4n) is 3.15. The average Bonchev–Trinajstić information content (AvgIpc) is 2.67. The van der Waals surface area contributed by atoms with Crippen molar-refractivity contribution in [3.05, 3.63) is 96.1 Å². The van der Waals surface area contributed by atoms with Gasteiger partial charge in [-0.2, -0.15) is 0 Å². The van der Waals surface area contributed by atoms with Gasteiger partial charge in [0, 0.05) is 5.67 Å². The van der Waals surface area contributed by atoms with Gasteiger partial charge in [-0.3, -0.25) is 0 Å². The van der Waals surface area contributed by atoms with E-state index in [-0.39, 0.29) is 5.67 Å². The monoisotopic (exact) mass is 379 g/mol. The summed E-state index contributed by atoms with van der Waals surface area (Å²) in [5.41, 5.74) is 2.41. The highest BCUT2D eigenvalue weighted by atomic mass is 32.2. The van der Waals surface area contributed by atoms with Gasteiger partial charge in [-0.1, -0.05) is 96.6 Å². The zero-order valence-electron chi connectivity index (χ0n) is 15.5. The lowest BCUT2D eigenvalue weighted by atomic mass is 10.2. The molecule has 0 spiro atoms. The Hall–Kier alpha value is -2.01. The second-order valence-electron chi connectivity index (χ2n) is 7.13. The summed E-state index contributed by atoms with van der Waals surface area (Å²) in [7, 11) is -3.22. The Kier molecular flexibility index (Phi) is 5.86. The molecule has 134 valence electrons. The van der Waals surface area contributed by atoms with Gasteiger partial charge in [-0.25, -0.2) is 8.93 Å². The molecular weight excluding hydrogens is 354 g/mol. The second kappa shape index (κ2) is 8.12. The van der Waals surface area contributed by atoms with Gasteiger partial charge < -0.3 is 0 Å². The number of benzene rings is 3. The molecule has 0 amide bonds. The van der Waals surface area contributed by atoms with E-state index in [2.05, 4.69) is 54.2 Å². The maximum atomic E-state index is 13.0. The summed E-state index contributed by atoms with van der Waals surface area (Å²) < 4.78 is 16.5. The zero-order chi connectivity index (χ0) is 18.6. The highest BCUT2D eigenvalue weighted by molar-refractivity contribution is 7.83. The van der Waals surface area contributed by atoms with E-state index in [9.17, 15) is 4.21 Å². The largest absolute Gasteiger partial charge is 0.237 e. The van der Waals surface area contributed by atoms with Crippen molar-refractivity contribution in [3.8, 4) is 0 Å². The van der Waals surface area contributed by atoms with Crippen molar-refractivity contribution in [1.82, 2.24) is 4.72 Å². The van der Waals surface area contributed by atoms with E-state index in [0.717, 1.165) is 4.90 Å². The lowest BCUT2D eigenvalue weighted by Crippen LogP contribution is -2.53. The van der Waals surface area contributed by atoms with Gasteiger partial charge in [0.05, 0.1) is 4.90 Å². The van der Waals surface area contributed by atoms with Gasteiger partial charge in [0.15, 0.2) is 0 Å². The Labute approximate surface area is 159 Å². The Morgan fingerprint density at radius 2 is 1.35 bits per heavy atom. The predicted octanol–water partition coefficient (Wildman–Crippen LogP) is 4.50. The van der Waals surface area contributed by atoms with Crippen molar-refractivity contribution in [2.45, 2.75) is 30.6 Å². The number of hydrogen-bond acceptors (Lipinski definition) is 1. The van der Waals surface area contributed by atoms with Gasteiger partial charge in [-0.15, -0.1) is 0 Å². The molecule has 2 atom stereocenters. The fourth-order valence-corrected chi connectivity index (χ4v) is 7.93. The molecule has 0 bridgehead atoms. The Morgan fingerprint density at radius 1 is 0.808 bits per heavy atom. The van der Waals surface area contributed by atoms with E-state index < -0.39 is 19.1 Å². The summed E-state index contributed by atoms with van der Waals surface area (Å²) in [6.45, 7) is 6.71. The Morgan fingerprint density at radius 3 is 1.92 bits per heavy atom. The van der Waals surface area contributed by atoms with Crippen molar-refractivity contribution >= 4 is 24.2 Å². The minimum Gasteiger partial charge on any atom is -0.237 e. The average molecular weight is 380 g/mol. The van der Waals surface area contributed by atoms with Crippen molar-refractivity contribution in [2.75, 3.05) is 0 Å². The lowest BCUT2D eigenvalue weighted by Gasteiger charge is -2.34. The third-order valence-corrected chi connectivity index (χ3v) is 9.93. The van der Waals surface area contributed by atoms with Crippen LogP contribution in [0.5, 0.6) is 0 Å². The molecule has 0 radical (unpaired) electrons. The maximum absolute atomic E-state index is 13.0. The molecule has 0 saturated heterocycles. The first-order valence-corrected chi connectivity index (χ1v) is 13.1.